The molecule has 0 atom stereocenters. The fourth-order valence-electron chi connectivity index (χ4n) is 1.99. The number of fused-ring (bicyclic) bond motifs is 1. The Morgan fingerprint density at radius 1 is 1.29 bits per heavy atom. The van der Waals surface area contributed by atoms with E-state index in [1.807, 2.05) is 0 Å². The molecule has 6 heteroatoms. The van der Waals surface area contributed by atoms with Crippen LogP contribution >= 0.6 is 16.1 Å². The molecule has 0 bridgehead atoms. The van der Waals surface area contributed by atoms with Crippen LogP contribution in [0.15, 0.2) is 23.2 Å². The number of rotatable bonds is 1. The van der Waals surface area contributed by atoms with Gasteiger partial charge in [0.15, 0.2) is 5.96 Å². The second kappa shape index (κ2) is 4.44. The molecular formula is C11H14BrN5. The topological polar surface area (TPSA) is 51.7 Å². The second-order valence-electron chi connectivity index (χ2n) is 4.03. The third-order valence-corrected chi connectivity index (χ3v) is 3.56. The molecule has 2 aliphatic heterocycles. The van der Waals surface area contributed by atoms with Crippen LogP contribution in [0.3, 0.4) is 0 Å². The molecule has 0 unspecified atom stereocenters. The van der Waals surface area contributed by atoms with E-state index in [1.54, 1.807) is 0 Å². The lowest BCUT2D eigenvalue weighted by atomic mass is 10.2. The lowest BCUT2D eigenvalue weighted by Gasteiger charge is -2.26. The molecule has 0 fully saturated rings. The summed E-state index contributed by atoms with van der Waals surface area (Å²) in [5.41, 5.74) is 3.35. The first-order chi connectivity index (χ1) is 8.33. The smallest absolute Gasteiger partial charge is 0.195 e. The predicted molar refractivity (Wildman–Crippen MR) is 75.1 cm³/mol. The third-order valence-electron chi connectivity index (χ3n) is 2.82. The number of hydrogen-bond donors (Lipinski definition) is 3. The van der Waals surface area contributed by atoms with Gasteiger partial charge in [-0.1, -0.05) is 0 Å². The second-order valence-corrected chi connectivity index (χ2v) is 4.88. The summed E-state index contributed by atoms with van der Waals surface area (Å²) >= 11 is 3.54. The number of anilines is 3. The maximum atomic E-state index is 4.31. The van der Waals surface area contributed by atoms with Gasteiger partial charge in [-0.2, -0.15) is 0 Å². The molecule has 1 aromatic carbocycles. The van der Waals surface area contributed by atoms with Crippen LogP contribution in [0.25, 0.3) is 0 Å². The van der Waals surface area contributed by atoms with Crippen molar-refractivity contribution in [2.45, 2.75) is 0 Å². The van der Waals surface area contributed by atoms with E-state index >= 15 is 0 Å². The number of nitrogens with zero attached hydrogens (tertiary/aromatic N) is 2. The molecule has 3 rings (SSSR count). The number of guanidine groups is 1. The summed E-state index contributed by atoms with van der Waals surface area (Å²) in [6, 6.07) is 6.25. The van der Waals surface area contributed by atoms with E-state index in [0.717, 1.165) is 43.5 Å². The summed E-state index contributed by atoms with van der Waals surface area (Å²) < 4.78 is 2.08. The zero-order valence-electron chi connectivity index (χ0n) is 9.33. The summed E-state index contributed by atoms with van der Waals surface area (Å²) in [6.45, 7) is 3.68. The number of hydrogen-bond acceptors (Lipinski definition) is 5. The van der Waals surface area contributed by atoms with Crippen molar-refractivity contribution in [2.24, 2.45) is 4.99 Å². The quantitative estimate of drug-likeness (QED) is 0.689. The van der Waals surface area contributed by atoms with E-state index in [0.29, 0.717) is 0 Å². The number of halogens is 1. The molecule has 2 aliphatic rings. The number of aliphatic imine (C=N–C) groups is 1. The van der Waals surface area contributed by atoms with E-state index in [2.05, 4.69) is 59.2 Å². The van der Waals surface area contributed by atoms with Crippen LogP contribution in [-0.2, 0) is 0 Å². The zero-order chi connectivity index (χ0) is 11.7. The number of nitrogens with one attached hydrogen (secondary N) is 3. The Bertz CT molecular complexity index is 459. The Balaban J connectivity index is 1.82. The van der Waals surface area contributed by atoms with Crippen molar-refractivity contribution in [2.75, 3.05) is 40.7 Å². The van der Waals surface area contributed by atoms with E-state index < -0.39 is 0 Å². The first-order valence-corrected chi connectivity index (χ1v) is 6.40. The van der Waals surface area contributed by atoms with Crippen molar-refractivity contribution in [1.29, 1.82) is 0 Å². The van der Waals surface area contributed by atoms with E-state index in [1.165, 1.54) is 5.69 Å². The normalized spacial score (nSPS) is 17.9. The lowest BCUT2D eigenvalue weighted by molar-refractivity contribution is 0.959. The van der Waals surface area contributed by atoms with Crippen LogP contribution in [0.2, 0.25) is 0 Å². The van der Waals surface area contributed by atoms with Gasteiger partial charge < -0.3 is 19.9 Å². The largest absolute Gasteiger partial charge is 0.381 e. The van der Waals surface area contributed by atoms with Crippen molar-refractivity contribution in [3.63, 3.8) is 0 Å². The molecule has 5 nitrogen and oxygen atoms in total. The SMILES string of the molecule is BrN1CCNc2cc(NC3=NCCN3)ccc21. The average Bonchev–Trinajstić information content (AvgIpc) is 2.82. The van der Waals surface area contributed by atoms with Crippen LogP contribution in [0.5, 0.6) is 0 Å². The molecule has 17 heavy (non-hydrogen) atoms. The van der Waals surface area contributed by atoms with Gasteiger partial charge in [0.05, 0.1) is 17.9 Å². The minimum absolute atomic E-state index is 0.848. The molecular weight excluding hydrogens is 282 g/mol. The summed E-state index contributed by atoms with van der Waals surface area (Å²) in [6.07, 6.45) is 0. The standard InChI is InChI=1S/C11H14BrN5/c12-17-6-5-13-9-7-8(1-2-10(9)17)16-11-14-3-4-15-11/h1-2,7,13H,3-6H2,(H2,14,15,16). The summed E-state index contributed by atoms with van der Waals surface area (Å²) in [5.74, 6) is 0.858. The Morgan fingerprint density at radius 2 is 2.24 bits per heavy atom. The molecule has 90 valence electrons. The van der Waals surface area contributed by atoms with Gasteiger partial charge in [-0.3, -0.25) is 4.99 Å². The van der Waals surface area contributed by atoms with Crippen molar-refractivity contribution >= 4 is 39.2 Å². The number of benzene rings is 1. The monoisotopic (exact) mass is 295 g/mol. The summed E-state index contributed by atoms with van der Waals surface area (Å²) in [4.78, 5) is 4.31. The van der Waals surface area contributed by atoms with Gasteiger partial charge in [-0.05, 0) is 18.2 Å². The molecule has 0 saturated heterocycles. The first-order valence-electron chi connectivity index (χ1n) is 5.69. The van der Waals surface area contributed by atoms with Crippen molar-refractivity contribution in [3.8, 4) is 0 Å². The molecule has 0 radical (unpaired) electrons. The average molecular weight is 296 g/mol. The maximum Gasteiger partial charge on any atom is 0.195 e. The Labute approximate surface area is 109 Å². The Kier molecular flexibility index (Phi) is 2.80. The predicted octanol–water partition coefficient (Wildman–Crippen LogP) is 1.60. The van der Waals surface area contributed by atoms with Crippen molar-refractivity contribution < 1.29 is 0 Å². The van der Waals surface area contributed by atoms with Gasteiger partial charge in [0, 0.05) is 41.5 Å². The van der Waals surface area contributed by atoms with Crippen LogP contribution in [0.1, 0.15) is 0 Å². The highest BCUT2D eigenvalue weighted by atomic mass is 79.9. The van der Waals surface area contributed by atoms with E-state index in [-0.39, 0.29) is 0 Å². The van der Waals surface area contributed by atoms with E-state index in [4.69, 9.17) is 0 Å². The highest BCUT2D eigenvalue weighted by Gasteiger charge is 2.15. The van der Waals surface area contributed by atoms with Crippen LogP contribution in [0, 0.1) is 0 Å². The highest BCUT2D eigenvalue weighted by molar-refractivity contribution is 9.10. The lowest BCUT2D eigenvalue weighted by Crippen LogP contribution is -2.27. The van der Waals surface area contributed by atoms with Gasteiger partial charge >= 0.3 is 0 Å². The molecule has 0 amide bonds. The fourth-order valence-corrected chi connectivity index (χ4v) is 2.48. The van der Waals surface area contributed by atoms with Gasteiger partial charge in [-0.15, -0.1) is 0 Å². The van der Waals surface area contributed by atoms with E-state index in [9.17, 15) is 0 Å². The molecule has 2 heterocycles. The molecule has 0 aliphatic carbocycles. The molecule has 0 saturated carbocycles. The Morgan fingerprint density at radius 3 is 3.06 bits per heavy atom. The third kappa shape index (κ3) is 2.17. The summed E-state index contributed by atoms with van der Waals surface area (Å²) in [7, 11) is 0. The zero-order valence-corrected chi connectivity index (χ0v) is 10.9. The molecule has 0 spiro atoms. The summed E-state index contributed by atoms with van der Waals surface area (Å²) in [5, 5.41) is 9.85. The van der Waals surface area contributed by atoms with Crippen LogP contribution < -0.4 is 19.9 Å². The van der Waals surface area contributed by atoms with Gasteiger partial charge in [0.25, 0.3) is 0 Å². The van der Waals surface area contributed by atoms with Crippen LogP contribution in [-0.4, -0.2) is 32.1 Å². The maximum absolute atomic E-state index is 4.31. The molecule has 1 aromatic rings. The van der Waals surface area contributed by atoms with Gasteiger partial charge in [0.1, 0.15) is 0 Å². The van der Waals surface area contributed by atoms with Gasteiger partial charge in [-0.25, -0.2) is 0 Å². The highest BCUT2D eigenvalue weighted by Crippen LogP contribution is 2.33. The fraction of sp³-hybridized carbons (Fsp3) is 0.364. The van der Waals surface area contributed by atoms with Crippen LogP contribution in [0.4, 0.5) is 17.1 Å². The molecule has 3 N–H and O–H groups in total. The van der Waals surface area contributed by atoms with Crippen molar-refractivity contribution in [3.05, 3.63) is 18.2 Å². The van der Waals surface area contributed by atoms with Crippen molar-refractivity contribution in [1.82, 2.24) is 5.32 Å². The minimum Gasteiger partial charge on any atom is -0.381 e. The Hall–Kier alpha value is -1.43. The van der Waals surface area contributed by atoms with Gasteiger partial charge in [0.2, 0.25) is 0 Å². The minimum atomic E-state index is 0.848. The molecule has 0 aromatic heterocycles. The first kappa shape index (κ1) is 10.7.